The van der Waals surface area contributed by atoms with E-state index in [1.165, 1.54) is 14.0 Å². The van der Waals surface area contributed by atoms with Gasteiger partial charge in [-0.3, -0.25) is 9.59 Å². The topological polar surface area (TPSA) is 90.9 Å². The lowest BCUT2D eigenvalue weighted by Gasteiger charge is -2.25. The summed E-state index contributed by atoms with van der Waals surface area (Å²) in [5, 5.41) is 2.64. The van der Waals surface area contributed by atoms with Crippen LogP contribution in [0.2, 0.25) is 0 Å². The lowest BCUT2D eigenvalue weighted by atomic mass is 9.90. The smallest absolute Gasteiger partial charge is 0.407 e. The highest BCUT2D eigenvalue weighted by molar-refractivity contribution is 5.99. The van der Waals surface area contributed by atoms with Crippen LogP contribution in [0.25, 0.3) is 0 Å². The predicted molar refractivity (Wildman–Crippen MR) is 106 cm³/mol. The van der Waals surface area contributed by atoms with Gasteiger partial charge in [-0.1, -0.05) is 42.5 Å². The van der Waals surface area contributed by atoms with Crippen molar-refractivity contribution in [2.75, 3.05) is 13.7 Å². The Morgan fingerprint density at radius 2 is 1.72 bits per heavy atom. The number of hydrogen-bond donors (Lipinski definition) is 1. The lowest BCUT2D eigenvalue weighted by molar-refractivity contribution is -0.152. The van der Waals surface area contributed by atoms with E-state index in [9.17, 15) is 14.4 Å². The van der Waals surface area contributed by atoms with E-state index in [-0.39, 0.29) is 13.2 Å². The van der Waals surface area contributed by atoms with Crippen LogP contribution >= 0.6 is 0 Å². The number of amides is 1. The summed E-state index contributed by atoms with van der Waals surface area (Å²) < 4.78 is 15.5. The van der Waals surface area contributed by atoms with Gasteiger partial charge in [-0.15, -0.1) is 0 Å². The number of benzene rings is 2. The number of carbonyl (C=O) groups excluding carboxylic acids is 3. The van der Waals surface area contributed by atoms with Gasteiger partial charge in [-0.05, 0) is 37.1 Å². The van der Waals surface area contributed by atoms with Gasteiger partial charge in [0.2, 0.25) is 0 Å². The Morgan fingerprint density at radius 1 is 1.00 bits per heavy atom. The molecule has 0 radical (unpaired) electrons. The molecule has 0 saturated heterocycles. The fourth-order valence-corrected chi connectivity index (χ4v) is 2.85. The van der Waals surface area contributed by atoms with E-state index >= 15 is 0 Å². The van der Waals surface area contributed by atoms with Crippen molar-refractivity contribution in [1.29, 1.82) is 0 Å². The highest BCUT2D eigenvalue weighted by Gasteiger charge is 2.36. The zero-order chi connectivity index (χ0) is 21.2. The third-order valence-corrected chi connectivity index (χ3v) is 4.25. The largest absolute Gasteiger partial charge is 0.497 e. The SMILES string of the molecule is CCOC(=O)C(C(C)=O)C(NC(=O)OCc1ccccc1)c1cccc(OC)c1. The summed E-state index contributed by atoms with van der Waals surface area (Å²) in [6.07, 6.45) is -0.753. The van der Waals surface area contributed by atoms with Gasteiger partial charge in [-0.25, -0.2) is 4.79 Å². The van der Waals surface area contributed by atoms with Crippen molar-refractivity contribution < 1.29 is 28.6 Å². The van der Waals surface area contributed by atoms with E-state index in [1.54, 1.807) is 31.2 Å². The minimum absolute atomic E-state index is 0.0572. The van der Waals surface area contributed by atoms with Crippen molar-refractivity contribution in [1.82, 2.24) is 5.32 Å². The first-order chi connectivity index (χ1) is 14.0. The number of ether oxygens (including phenoxy) is 3. The first-order valence-electron chi connectivity index (χ1n) is 9.24. The molecule has 0 aliphatic heterocycles. The van der Waals surface area contributed by atoms with E-state index in [2.05, 4.69) is 5.32 Å². The molecule has 2 atom stereocenters. The molecule has 2 aromatic rings. The molecule has 2 aromatic carbocycles. The second-order valence-electron chi connectivity index (χ2n) is 6.30. The Labute approximate surface area is 170 Å². The van der Waals surface area contributed by atoms with Gasteiger partial charge in [0.1, 0.15) is 24.1 Å². The first-order valence-corrected chi connectivity index (χ1v) is 9.24. The van der Waals surface area contributed by atoms with Crippen LogP contribution < -0.4 is 10.1 Å². The fourth-order valence-electron chi connectivity index (χ4n) is 2.85. The first kappa shape index (κ1) is 21.9. The molecule has 1 amide bonds. The molecule has 0 aliphatic rings. The Kier molecular flexibility index (Phi) is 8.21. The van der Waals surface area contributed by atoms with E-state index in [1.807, 2.05) is 30.3 Å². The van der Waals surface area contributed by atoms with Crippen LogP contribution in [-0.4, -0.2) is 31.6 Å². The van der Waals surface area contributed by atoms with E-state index in [0.29, 0.717) is 11.3 Å². The van der Waals surface area contributed by atoms with E-state index in [4.69, 9.17) is 14.2 Å². The van der Waals surface area contributed by atoms with Crippen LogP contribution in [0.4, 0.5) is 4.79 Å². The van der Waals surface area contributed by atoms with Gasteiger partial charge < -0.3 is 19.5 Å². The highest BCUT2D eigenvalue weighted by Crippen LogP contribution is 2.27. The lowest BCUT2D eigenvalue weighted by Crippen LogP contribution is -2.41. The number of rotatable bonds is 9. The molecule has 154 valence electrons. The number of Topliss-reactive ketones (excluding diaryl/α,β-unsaturated/α-hetero) is 1. The van der Waals surface area contributed by atoms with Gasteiger partial charge in [0.15, 0.2) is 0 Å². The Bertz CT molecular complexity index is 836. The molecule has 0 bridgehead atoms. The normalized spacial score (nSPS) is 12.4. The average Bonchev–Trinajstić information content (AvgIpc) is 2.72. The minimum Gasteiger partial charge on any atom is -0.497 e. The number of hydrogen-bond acceptors (Lipinski definition) is 6. The van der Waals surface area contributed by atoms with Crippen molar-refractivity contribution in [3.63, 3.8) is 0 Å². The van der Waals surface area contributed by atoms with Gasteiger partial charge in [0.05, 0.1) is 19.8 Å². The average molecular weight is 399 g/mol. The van der Waals surface area contributed by atoms with Gasteiger partial charge >= 0.3 is 12.1 Å². The van der Waals surface area contributed by atoms with Crippen LogP contribution in [-0.2, 0) is 25.7 Å². The molecule has 2 rings (SSSR count). The highest BCUT2D eigenvalue weighted by atomic mass is 16.5. The molecule has 0 heterocycles. The Balaban J connectivity index is 2.26. The predicted octanol–water partition coefficient (Wildman–Crippen LogP) is 3.43. The molecule has 0 fully saturated rings. The molecule has 1 N–H and O–H groups in total. The third kappa shape index (κ3) is 6.34. The molecule has 0 saturated carbocycles. The number of nitrogens with one attached hydrogen (secondary N) is 1. The third-order valence-electron chi connectivity index (χ3n) is 4.25. The quantitative estimate of drug-likeness (QED) is 0.513. The summed E-state index contributed by atoms with van der Waals surface area (Å²) in [5.74, 6) is -1.83. The minimum atomic E-state index is -1.22. The number of ketones is 1. The molecule has 7 heteroatoms. The molecule has 0 spiro atoms. The van der Waals surface area contributed by atoms with Crippen molar-refractivity contribution in [2.24, 2.45) is 5.92 Å². The second kappa shape index (κ2) is 10.8. The molecule has 2 unspecified atom stereocenters. The van der Waals surface area contributed by atoms with Crippen LogP contribution in [0, 0.1) is 5.92 Å². The molecule has 29 heavy (non-hydrogen) atoms. The van der Waals surface area contributed by atoms with Crippen LogP contribution in [0.1, 0.15) is 31.0 Å². The molecule has 7 nitrogen and oxygen atoms in total. The monoisotopic (exact) mass is 399 g/mol. The maximum atomic E-state index is 12.4. The second-order valence-corrected chi connectivity index (χ2v) is 6.30. The number of esters is 1. The summed E-state index contributed by atoms with van der Waals surface area (Å²) in [5.41, 5.74) is 1.34. The molecular formula is C22H25NO6. The summed E-state index contributed by atoms with van der Waals surface area (Å²) in [7, 11) is 1.50. The maximum Gasteiger partial charge on any atom is 0.407 e. The number of carbonyl (C=O) groups is 3. The van der Waals surface area contributed by atoms with Crippen molar-refractivity contribution in [2.45, 2.75) is 26.5 Å². The Hall–Kier alpha value is -3.35. The van der Waals surface area contributed by atoms with Crippen LogP contribution in [0.15, 0.2) is 54.6 Å². The molecular weight excluding hydrogens is 374 g/mol. The van der Waals surface area contributed by atoms with Crippen LogP contribution in [0.5, 0.6) is 5.75 Å². The van der Waals surface area contributed by atoms with Crippen molar-refractivity contribution >= 4 is 17.8 Å². The van der Waals surface area contributed by atoms with Gasteiger partial charge in [0, 0.05) is 0 Å². The fraction of sp³-hybridized carbons (Fsp3) is 0.318. The van der Waals surface area contributed by atoms with Crippen LogP contribution in [0.3, 0.4) is 0 Å². The van der Waals surface area contributed by atoms with Crippen molar-refractivity contribution in [3.8, 4) is 5.75 Å². The Morgan fingerprint density at radius 3 is 2.34 bits per heavy atom. The number of alkyl carbamates (subject to hydrolysis) is 1. The summed E-state index contributed by atoms with van der Waals surface area (Å²) in [6, 6.07) is 15.0. The summed E-state index contributed by atoms with van der Waals surface area (Å²) >= 11 is 0. The molecule has 0 aromatic heterocycles. The van der Waals surface area contributed by atoms with Gasteiger partial charge in [-0.2, -0.15) is 0 Å². The van der Waals surface area contributed by atoms with E-state index in [0.717, 1.165) is 5.56 Å². The standard InChI is InChI=1S/C22H25NO6/c1-4-28-21(25)19(15(2)24)20(17-11-8-12-18(13-17)27-3)23-22(26)29-14-16-9-6-5-7-10-16/h5-13,19-20H,4,14H2,1-3H3,(H,23,26). The number of methoxy groups -OCH3 is 1. The summed E-state index contributed by atoms with van der Waals surface area (Å²) in [4.78, 5) is 37.1. The van der Waals surface area contributed by atoms with Crippen molar-refractivity contribution in [3.05, 3.63) is 65.7 Å². The summed E-state index contributed by atoms with van der Waals surface area (Å²) in [6.45, 7) is 3.11. The van der Waals surface area contributed by atoms with E-state index < -0.39 is 29.8 Å². The molecule has 0 aliphatic carbocycles. The zero-order valence-electron chi connectivity index (χ0n) is 16.7. The zero-order valence-corrected chi connectivity index (χ0v) is 16.7. The van der Waals surface area contributed by atoms with Gasteiger partial charge in [0.25, 0.3) is 0 Å². The maximum absolute atomic E-state index is 12.4.